The van der Waals surface area contributed by atoms with E-state index in [9.17, 15) is 14.4 Å². The van der Waals surface area contributed by atoms with Crippen molar-refractivity contribution in [3.8, 4) is 0 Å². The molecule has 1 N–H and O–H groups in total. The fourth-order valence-corrected chi connectivity index (χ4v) is 2.54. The molecule has 23 heavy (non-hydrogen) atoms. The van der Waals surface area contributed by atoms with Gasteiger partial charge in [0.25, 0.3) is 5.91 Å². The van der Waals surface area contributed by atoms with Crippen molar-refractivity contribution in [2.45, 2.75) is 13.3 Å². The summed E-state index contributed by atoms with van der Waals surface area (Å²) in [5.74, 6) is -1.60. The number of rotatable bonds is 5. The van der Waals surface area contributed by atoms with Gasteiger partial charge in [-0.25, -0.2) is 0 Å². The van der Waals surface area contributed by atoms with Crippen LogP contribution < -0.4 is 5.32 Å². The van der Waals surface area contributed by atoms with Gasteiger partial charge in [0.2, 0.25) is 5.91 Å². The third kappa shape index (κ3) is 3.17. The standard InChI is InChI=1S/C17H20N2O4/c1-3-10-23-16(22)17(4-2)11-18-12-19(15(17)21)14(20)13-8-6-5-7-9-13/h3,5-9,18H,1,4,10-12H2,2H3. The zero-order chi connectivity index (χ0) is 16.9. The number of benzene rings is 1. The van der Waals surface area contributed by atoms with Crippen molar-refractivity contribution in [3.05, 3.63) is 48.6 Å². The number of carbonyl (C=O) groups is 3. The quantitative estimate of drug-likeness (QED) is 0.384. The predicted octanol–water partition coefficient (Wildman–Crippen LogP) is 1.34. The molecule has 1 atom stereocenters. The van der Waals surface area contributed by atoms with E-state index in [0.717, 1.165) is 4.90 Å². The molecule has 0 spiro atoms. The van der Waals surface area contributed by atoms with E-state index in [2.05, 4.69) is 11.9 Å². The molecule has 1 aromatic carbocycles. The highest BCUT2D eigenvalue weighted by Gasteiger charge is 2.51. The molecule has 6 heteroatoms. The Balaban J connectivity index is 2.27. The van der Waals surface area contributed by atoms with Gasteiger partial charge in [-0.3, -0.25) is 24.6 Å². The molecule has 0 bridgehead atoms. The summed E-state index contributed by atoms with van der Waals surface area (Å²) in [5, 5.41) is 2.97. The molecule has 1 fully saturated rings. The summed E-state index contributed by atoms with van der Waals surface area (Å²) >= 11 is 0. The van der Waals surface area contributed by atoms with Crippen LogP contribution in [0.2, 0.25) is 0 Å². The van der Waals surface area contributed by atoms with Crippen LogP contribution in [0.4, 0.5) is 0 Å². The number of esters is 1. The lowest BCUT2D eigenvalue weighted by Gasteiger charge is -2.38. The van der Waals surface area contributed by atoms with E-state index in [-0.39, 0.29) is 26.2 Å². The van der Waals surface area contributed by atoms with E-state index in [1.807, 2.05) is 0 Å². The Morgan fingerprint density at radius 3 is 2.70 bits per heavy atom. The van der Waals surface area contributed by atoms with E-state index < -0.39 is 23.2 Å². The average molecular weight is 316 g/mol. The van der Waals surface area contributed by atoms with E-state index in [1.165, 1.54) is 6.08 Å². The maximum absolute atomic E-state index is 12.8. The Morgan fingerprint density at radius 1 is 1.39 bits per heavy atom. The Labute approximate surface area is 135 Å². The van der Waals surface area contributed by atoms with Crippen LogP contribution in [0.15, 0.2) is 43.0 Å². The van der Waals surface area contributed by atoms with E-state index in [4.69, 9.17) is 4.74 Å². The molecule has 1 unspecified atom stereocenters. The first kappa shape index (κ1) is 16.9. The maximum atomic E-state index is 12.8. The van der Waals surface area contributed by atoms with Gasteiger partial charge in [0.15, 0.2) is 5.41 Å². The Hall–Kier alpha value is -2.47. The van der Waals surface area contributed by atoms with Crippen molar-refractivity contribution in [2.75, 3.05) is 19.8 Å². The Kier molecular flexibility index (Phi) is 5.28. The summed E-state index contributed by atoms with van der Waals surface area (Å²) in [7, 11) is 0. The third-order valence-electron chi connectivity index (χ3n) is 3.94. The minimum Gasteiger partial charge on any atom is -0.461 e. The molecule has 122 valence electrons. The number of nitrogens with one attached hydrogen (secondary N) is 1. The summed E-state index contributed by atoms with van der Waals surface area (Å²) in [6.45, 7) is 5.46. The van der Waals surface area contributed by atoms with Crippen LogP contribution in [0.5, 0.6) is 0 Å². The van der Waals surface area contributed by atoms with Gasteiger partial charge in [0.1, 0.15) is 6.61 Å². The molecule has 0 aliphatic carbocycles. The van der Waals surface area contributed by atoms with Gasteiger partial charge in [0.05, 0.1) is 6.67 Å². The van der Waals surface area contributed by atoms with Crippen LogP contribution in [-0.2, 0) is 14.3 Å². The van der Waals surface area contributed by atoms with Crippen LogP contribution >= 0.6 is 0 Å². The zero-order valence-electron chi connectivity index (χ0n) is 13.1. The highest BCUT2D eigenvalue weighted by atomic mass is 16.5. The second kappa shape index (κ2) is 7.19. The first-order valence-corrected chi connectivity index (χ1v) is 7.47. The van der Waals surface area contributed by atoms with Crippen molar-refractivity contribution in [1.82, 2.24) is 10.2 Å². The van der Waals surface area contributed by atoms with Crippen LogP contribution in [0.3, 0.4) is 0 Å². The zero-order valence-corrected chi connectivity index (χ0v) is 13.1. The second-order valence-electron chi connectivity index (χ2n) is 5.31. The minimum atomic E-state index is -1.38. The number of imide groups is 1. The number of hydrogen-bond donors (Lipinski definition) is 1. The summed E-state index contributed by atoms with van der Waals surface area (Å²) in [4.78, 5) is 38.8. The highest BCUT2D eigenvalue weighted by Crippen LogP contribution is 2.29. The fraction of sp³-hybridized carbons (Fsp3) is 0.353. The fourth-order valence-electron chi connectivity index (χ4n) is 2.54. The van der Waals surface area contributed by atoms with Crippen LogP contribution in [-0.4, -0.2) is 42.5 Å². The van der Waals surface area contributed by atoms with Gasteiger partial charge < -0.3 is 4.74 Å². The smallest absolute Gasteiger partial charge is 0.323 e. The van der Waals surface area contributed by atoms with Crippen molar-refractivity contribution in [3.63, 3.8) is 0 Å². The molecule has 6 nitrogen and oxygen atoms in total. The molecule has 1 aromatic rings. The Bertz CT molecular complexity index is 614. The first-order chi connectivity index (χ1) is 11.1. The van der Waals surface area contributed by atoms with Gasteiger partial charge in [-0.05, 0) is 18.6 Å². The summed E-state index contributed by atoms with van der Waals surface area (Å²) in [5.41, 5.74) is -0.986. The lowest BCUT2D eigenvalue weighted by molar-refractivity contribution is -0.166. The molecule has 2 rings (SSSR count). The number of nitrogens with zero attached hydrogens (tertiary/aromatic N) is 1. The van der Waals surface area contributed by atoms with Crippen LogP contribution in [0.1, 0.15) is 23.7 Å². The molecular formula is C17H20N2O4. The molecule has 1 saturated heterocycles. The van der Waals surface area contributed by atoms with E-state index >= 15 is 0 Å². The molecule has 2 amide bonds. The maximum Gasteiger partial charge on any atom is 0.323 e. The van der Waals surface area contributed by atoms with Crippen molar-refractivity contribution in [2.24, 2.45) is 5.41 Å². The van der Waals surface area contributed by atoms with Gasteiger partial charge in [0, 0.05) is 12.1 Å². The lowest BCUT2D eigenvalue weighted by atomic mass is 9.82. The number of hydrogen-bond acceptors (Lipinski definition) is 5. The summed E-state index contributed by atoms with van der Waals surface area (Å²) in [6, 6.07) is 8.50. The number of carbonyl (C=O) groups excluding carboxylic acids is 3. The normalized spacial score (nSPS) is 20.9. The SMILES string of the molecule is C=CCOC(=O)C1(CC)CNCN(C(=O)c2ccccc2)C1=O. The van der Waals surface area contributed by atoms with Gasteiger partial charge in [-0.1, -0.05) is 37.8 Å². The summed E-state index contributed by atoms with van der Waals surface area (Å²) < 4.78 is 5.07. The largest absolute Gasteiger partial charge is 0.461 e. The van der Waals surface area contributed by atoms with E-state index in [1.54, 1.807) is 37.3 Å². The highest BCUT2D eigenvalue weighted by molar-refractivity contribution is 6.13. The Morgan fingerprint density at radius 2 is 2.09 bits per heavy atom. The molecule has 0 radical (unpaired) electrons. The lowest BCUT2D eigenvalue weighted by Crippen LogP contribution is -2.62. The van der Waals surface area contributed by atoms with Gasteiger partial charge in [-0.15, -0.1) is 0 Å². The predicted molar refractivity (Wildman–Crippen MR) is 84.4 cm³/mol. The topological polar surface area (TPSA) is 75.7 Å². The number of amides is 2. The molecule has 1 aliphatic rings. The molecule has 1 aliphatic heterocycles. The molecule has 1 heterocycles. The first-order valence-electron chi connectivity index (χ1n) is 7.47. The monoisotopic (exact) mass is 316 g/mol. The van der Waals surface area contributed by atoms with Crippen molar-refractivity contribution >= 4 is 17.8 Å². The van der Waals surface area contributed by atoms with Crippen LogP contribution in [0, 0.1) is 5.41 Å². The van der Waals surface area contributed by atoms with Crippen molar-refractivity contribution in [1.29, 1.82) is 0 Å². The third-order valence-corrected chi connectivity index (χ3v) is 3.94. The molecular weight excluding hydrogens is 296 g/mol. The average Bonchev–Trinajstić information content (AvgIpc) is 2.60. The number of ether oxygens (including phenoxy) is 1. The molecule has 0 aromatic heterocycles. The van der Waals surface area contributed by atoms with E-state index in [0.29, 0.717) is 5.56 Å². The van der Waals surface area contributed by atoms with Gasteiger partial charge in [-0.2, -0.15) is 0 Å². The molecule has 0 saturated carbocycles. The minimum absolute atomic E-state index is 0.0283. The summed E-state index contributed by atoms with van der Waals surface area (Å²) in [6.07, 6.45) is 1.68. The van der Waals surface area contributed by atoms with Gasteiger partial charge >= 0.3 is 5.97 Å². The van der Waals surface area contributed by atoms with Crippen LogP contribution in [0.25, 0.3) is 0 Å². The second-order valence-corrected chi connectivity index (χ2v) is 5.31. The van der Waals surface area contributed by atoms with Crippen molar-refractivity contribution < 1.29 is 19.1 Å².